The summed E-state index contributed by atoms with van der Waals surface area (Å²) in [6.45, 7) is 1.27. The fourth-order valence-electron chi connectivity index (χ4n) is 1.56. The van der Waals surface area contributed by atoms with Crippen molar-refractivity contribution < 1.29 is 20.1 Å². The molecule has 1 rings (SSSR count). The first kappa shape index (κ1) is 11.4. The third-order valence-electron chi connectivity index (χ3n) is 2.82. The maximum absolute atomic E-state index is 10.7. The average molecular weight is 203 g/mol. The number of aliphatic carboxylic acids is 1. The summed E-state index contributed by atoms with van der Waals surface area (Å²) in [4.78, 5) is 10.7. The third-order valence-corrected chi connectivity index (χ3v) is 2.82. The van der Waals surface area contributed by atoms with Crippen molar-refractivity contribution in [3.8, 4) is 0 Å². The van der Waals surface area contributed by atoms with E-state index >= 15 is 0 Å². The second-order valence-electron chi connectivity index (χ2n) is 4.15. The van der Waals surface area contributed by atoms with Crippen LogP contribution in [0.15, 0.2) is 0 Å². The van der Waals surface area contributed by atoms with Crippen LogP contribution < -0.4 is 5.32 Å². The number of hydrogen-bond acceptors (Lipinski definition) is 4. The average Bonchev–Trinajstić information content (AvgIpc) is 2.11. The number of rotatable bonds is 5. The molecule has 1 fully saturated rings. The number of aliphatic hydroxyl groups excluding tert-OH is 2. The summed E-state index contributed by atoms with van der Waals surface area (Å²) in [5, 5.41) is 29.8. The molecule has 14 heavy (non-hydrogen) atoms. The molecule has 0 aromatic rings. The highest BCUT2D eigenvalue weighted by Gasteiger charge is 2.40. The molecule has 0 bridgehead atoms. The van der Waals surface area contributed by atoms with E-state index in [0.717, 1.165) is 6.42 Å². The van der Waals surface area contributed by atoms with Crippen LogP contribution in [0.1, 0.15) is 19.8 Å². The van der Waals surface area contributed by atoms with Crippen molar-refractivity contribution in [2.24, 2.45) is 5.92 Å². The molecule has 0 aliphatic heterocycles. The van der Waals surface area contributed by atoms with Crippen molar-refractivity contribution in [3.63, 3.8) is 0 Å². The maximum atomic E-state index is 10.7. The standard InChI is InChI=1S/C9H17NO4/c1-9(4-11,5-12)10-7-3-2-6(7)8(13)14/h6-7,10-12H,2-5H2,1H3,(H,13,14). The third kappa shape index (κ3) is 2.23. The molecular formula is C9H17NO4. The Bertz CT molecular complexity index is 215. The smallest absolute Gasteiger partial charge is 0.308 e. The Labute approximate surface area is 82.7 Å². The van der Waals surface area contributed by atoms with Gasteiger partial charge in [0.2, 0.25) is 0 Å². The zero-order valence-electron chi connectivity index (χ0n) is 8.23. The summed E-state index contributed by atoms with van der Waals surface area (Å²) in [5.74, 6) is -1.19. The Hall–Kier alpha value is -0.650. The highest BCUT2D eigenvalue weighted by atomic mass is 16.4. The largest absolute Gasteiger partial charge is 0.481 e. The van der Waals surface area contributed by atoms with Gasteiger partial charge in [-0.1, -0.05) is 0 Å². The summed E-state index contributed by atoms with van der Waals surface area (Å²) < 4.78 is 0. The lowest BCUT2D eigenvalue weighted by molar-refractivity contribution is -0.146. The Morgan fingerprint density at radius 2 is 2.00 bits per heavy atom. The molecule has 4 N–H and O–H groups in total. The molecule has 0 saturated heterocycles. The van der Waals surface area contributed by atoms with Crippen LogP contribution in [0.25, 0.3) is 0 Å². The minimum atomic E-state index is -0.813. The topological polar surface area (TPSA) is 89.8 Å². The van der Waals surface area contributed by atoms with E-state index < -0.39 is 11.5 Å². The van der Waals surface area contributed by atoms with Gasteiger partial charge in [-0.05, 0) is 19.8 Å². The second kappa shape index (κ2) is 4.25. The summed E-state index contributed by atoms with van der Waals surface area (Å²) in [5.41, 5.74) is -0.779. The van der Waals surface area contributed by atoms with Gasteiger partial charge < -0.3 is 20.6 Å². The Kier molecular flexibility index (Phi) is 3.47. The zero-order chi connectivity index (χ0) is 10.8. The van der Waals surface area contributed by atoms with Gasteiger partial charge in [-0.25, -0.2) is 0 Å². The number of hydrogen-bond donors (Lipinski definition) is 4. The van der Waals surface area contributed by atoms with Gasteiger partial charge in [0.05, 0.1) is 24.7 Å². The molecule has 0 aromatic heterocycles. The lowest BCUT2D eigenvalue weighted by Crippen LogP contribution is -2.59. The number of nitrogens with one attached hydrogen (secondary N) is 1. The summed E-state index contributed by atoms with van der Waals surface area (Å²) in [6.07, 6.45) is 1.45. The molecule has 1 aliphatic rings. The number of carboxylic acids is 1. The molecule has 0 radical (unpaired) electrons. The first-order valence-corrected chi connectivity index (χ1v) is 4.74. The molecule has 82 valence electrons. The van der Waals surface area contributed by atoms with Crippen molar-refractivity contribution in [2.75, 3.05) is 13.2 Å². The molecule has 5 nitrogen and oxygen atoms in total. The molecule has 0 aromatic carbocycles. The Morgan fingerprint density at radius 3 is 2.29 bits per heavy atom. The van der Waals surface area contributed by atoms with Crippen LogP contribution in [0.4, 0.5) is 0 Å². The highest BCUT2D eigenvalue weighted by molar-refractivity contribution is 5.72. The summed E-state index contributed by atoms with van der Waals surface area (Å²) in [7, 11) is 0. The van der Waals surface area contributed by atoms with Gasteiger partial charge in [0, 0.05) is 6.04 Å². The molecule has 2 atom stereocenters. The van der Waals surface area contributed by atoms with Gasteiger partial charge in [-0.2, -0.15) is 0 Å². The SMILES string of the molecule is CC(CO)(CO)NC1CCC1C(=O)O. The predicted octanol–water partition coefficient (Wildman–Crippen LogP) is -0.817. The van der Waals surface area contributed by atoms with Crippen LogP contribution in [0, 0.1) is 5.92 Å². The molecule has 0 spiro atoms. The first-order chi connectivity index (χ1) is 6.52. The molecule has 1 saturated carbocycles. The fraction of sp³-hybridized carbons (Fsp3) is 0.889. The quantitative estimate of drug-likeness (QED) is 0.469. The van der Waals surface area contributed by atoms with E-state index in [2.05, 4.69) is 5.32 Å². The lowest BCUT2D eigenvalue weighted by Gasteiger charge is -2.40. The number of carbonyl (C=O) groups is 1. The van der Waals surface area contributed by atoms with Crippen molar-refractivity contribution in [2.45, 2.75) is 31.3 Å². The summed E-state index contributed by atoms with van der Waals surface area (Å²) in [6, 6.07) is -0.128. The second-order valence-corrected chi connectivity index (χ2v) is 4.15. The van der Waals surface area contributed by atoms with Crippen LogP contribution in [0.5, 0.6) is 0 Å². The minimum absolute atomic E-state index is 0.128. The molecule has 1 aliphatic carbocycles. The zero-order valence-corrected chi connectivity index (χ0v) is 8.23. The van der Waals surface area contributed by atoms with E-state index in [-0.39, 0.29) is 25.2 Å². The van der Waals surface area contributed by atoms with Crippen LogP contribution in [0.3, 0.4) is 0 Å². The van der Waals surface area contributed by atoms with E-state index in [1.807, 2.05) is 0 Å². The first-order valence-electron chi connectivity index (χ1n) is 4.74. The van der Waals surface area contributed by atoms with Crippen LogP contribution in [0.2, 0.25) is 0 Å². The van der Waals surface area contributed by atoms with E-state index in [1.165, 1.54) is 0 Å². The van der Waals surface area contributed by atoms with Gasteiger partial charge >= 0.3 is 5.97 Å². The number of aliphatic hydroxyl groups is 2. The van der Waals surface area contributed by atoms with E-state index in [0.29, 0.717) is 6.42 Å². The molecule has 0 amide bonds. The number of carboxylic acid groups (broad SMARTS) is 1. The van der Waals surface area contributed by atoms with Crippen molar-refractivity contribution >= 4 is 5.97 Å². The van der Waals surface area contributed by atoms with E-state index in [9.17, 15) is 4.79 Å². The monoisotopic (exact) mass is 203 g/mol. The Morgan fingerprint density at radius 1 is 1.43 bits per heavy atom. The fourth-order valence-corrected chi connectivity index (χ4v) is 1.56. The van der Waals surface area contributed by atoms with Crippen molar-refractivity contribution in [1.82, 2.24) is 5.32 Å². The molecule has 2 unspecified atom stereocenters. The van der Waals surface area contributed by atoms with Crippen LogP contribution >= 0.6 is 0 Å². The van der Waals surface area contributed by atoms with Gasteiger partial charge in [-0.15, -0.1) is 0 Å². The van der Waals surface area contributed by atoms with Gasteiger partial charge in [-0.3, -0.25) is 4.79 Å². The van der Waals surface area contributed by atoms with Gasteiger partial charge in [0.25, 0.3) is 0 Å². The summed E-state index contributed by atoms with van der Waals surface area (Å²) >= 11 is 0. The molecule has 5 heteroatoms. The molecule has 0 heterocycles. The van der Waals surface area contributed by atoms with Crippen LogP contribution in [-0.2, 0) is 4.79 Å². The van der Waals surface area contributed by atoms with Crippen molar-refractivity contribution in [1.29, 1.82) is 0 Å². The lowest BCUT2D eigenvalue weighted by atomic mass is 9.78. The Balaban J connectivity index is 2.48. The van der Waals surface area contributed by atoms with E-state index in [1.54, 1.807) is 6.92 Å². The van der Waals surface area contributed by atoms with Gasteiger partial charge in [0.15, 0.2) is 0 Å². The normalized spacial score (nSPS) is 27.1. The predicted molar refractivity (Wildman–Crippen MR) is 49.9 cm³/mol. The maximum Gasteiger partial charge on any atom is 0.308 e. The van der Waals surface area contributed by atoms with Crippen molar-refractivity contribution in [3.05, 3.63) is 0 Å². The highest BCUT2D eigenvalue weighted by Crippen LogP contribution is 2.29. The van der Waals surface area contributed by atoms with E-state index in [4.69, 9.17) is 15.3 Å². The van der Waals surface area contributed by atoms with Gasteiger partial charge in [0.1, 0.15) is 0 Å². The molecular weight excluding hydrogens is 186 g/mol. The minimum Gasteiger partial charge on any atom is -0.481 e. The van der Waals surface area contributed by atoms with Crippen LogP contribution in [-0.4, -0.2) is 46.1 Å².